The van der Waals surface area contributed by atoms with Crippen molar-refractivity contribution in [1.82, 2.24) is 9.97 Å². The zero-order valence-corrected chi connectivity index (χ0v) is 7.98. The smallest absolute Gasteiger partial charge is 0.247 e. The van der Waals surface area contributed by atoms with E-state index in [0.717, 1.165) is 5.71 Å². The number of nitrogens with two attached hydrogens (primary N) is 2. The molecule has 1 aromatic heterocycles. The van der Waals surface area contributed by atoms with Crippen molar-refractivity contribution in [3.8, 4) is 5.88 Å². The van der Waals surface area contributed by atoms with E-state index in [9.17, 15) is 0 Å². The fourth-order valence-electron chi connectivity index (χ4n) is 1.18. The minimum atomic E-state index is -0.101. The molecule has 1 unspecified atom stereocenters. The fourth-order valence-corrected chi connectivity index (χ4v) is 1.18. The second-order valence-electron chi connectivity index (χ2n) is 3.13. The van der Waals surface area contributed by atoms with Crippen molar-refractivity contribution in [3.05, 3.63) is 0 Å². The van der Waals surface area contributed by atoms with Gasteiger partial charge in [-0.1, -0.05) is 0 Å². The van der Waals surface area contributed by atoms with Gasteiger partial charge in [-0.05, 0) is 13.8 Å². The van der Waals surface area contributed by atoms with Gasteiger partial charge < -0.3 is 16.2 Å². The standard InChI is InChI=1S/C8H11N5O/c1-3-4(2)14-7-5(11-3)6(9)12-8(10)13-7/h4H,1-2H3,(H4,9,10,12,13). The molecule has 2 heterocycles. The molecular formula is C8H11N5O. The Morgan fingerprint density at radius 2 is 2.00 bits per heavy atom. The summed E-state index contributed by atoms with van der Waals surface area (Å²) >= 11 is 0. The van der Waals surface area contributed by atoms with E-state index in [0.29, 0.717) is 11.6 Å². The van der Waals surface area contributed by atoms with Crippen LogP contribution in [0, 0.1) is 0 Å². The lowest BCUT2D eigenvalue weighted by atomic mass is 10.2. The molecule has 0 bridgehead atoms. The third-order valence-corrected chi connectivity index (χ3v) is 2.06. The highest BCUT2D eigenvalue weighted by Crippen LogP contribution is 2.35. The summed E-state index contributed by atoms with van der Waals surface area (Å²) in [5.41, 5.74) is 12.4. The Bertz CT molecular complexity index is 414. The number of nitrogens with zero attached hydrogens (tertiary/aromatic N) is 3. The highest BCUT2D eigenvalue weighted by Gasteiger charge is 2.21. The maximum absolute atomic E-state index is 5.63. The van der Waals surface area contributed by atoms with Crippen LogP contribution in [-0.2, 0) is 0 Å². The molecule has 0 radical (unpaired) electrons. The van der Waals surface area contributed by atoms with Crippen molar-refractivity contribution in [2.75, 3.05) is 11.5 Å². The predicted octanol–water partition coefficient (Wildman–Crippen LogP) is 0.514. The molecule has 14 heavy (non-hydrogen) atoms. The van der Waals surface area contributed by atoms with E-state index in [-0.39, 0.29) is 17.9 Å². The molecule has 0 saturated heterocycles. The van der Waals surface area contributed by atoms with Gasteiger partial charge in [0.15, 0.2) is 11.5 Å². The van der Waals surface area contributed by atoms with Crippen molar-refractivity contribution in [2.45, 2.75) is 20.0 Å². The zero-order chi connectivity index (χ0) is 10.3. The lowest BCUT2D eigenvalue weighted by Crippen LogP contribution is -2.25. The van der Waals surface area contributed by atoms with Crippen LogP contribution in [0.1, 0.15) is 13.8 Å². The number of hydrogen-bond donors (Lipinski definition) is 2. The third-order valence-electron chi connectivity index (χ3n) is 2.06. The summed E-state index contributed by atoms with van der Waals surface area (Å²) in [5, 5.41) is 0. The lowest BCUT2D eigenvalue weighted by molar-refractivity contribution is 0.271. The number of rotatable bonds is 0. The highest BCUT2D eigenvalue weighted by molar-refractivity contribution is 5.92. The number of aliphatic imine (C=N–C) groups is 1. The predicted molar refractivity (Wildman–Crippen MR) is 53.7 cm³/mol. The Hall–Kier alpha value is -1.85. The average molecular weight is 193 g/mol. The van der Waals surface area contributed by atoms with Crippen molar-refractivity contribution in [2.24, 2.45) is 4.99 Å². The molecule has 0 aromatic carbocycles. The van der Waals surface area contributed by atoms with Gasteiger partial charge in [-0.2, -0.15) is 9.97 Å². The van der Waals surface area contributed by atoms with E-state index in [2.05, 4.69) is 15.0 Å². The van der Waals surface area contributed by atoms with Crippen LogP contribution in [0.25, 0.3) is 0 Å². The molecule has 6 heteroatoms. The first kappa shape index (κ1) is 8.74. The first-order valence-electron chi connectivity index (χ1n) is 4.22. The summed E-state index contributed by atoms with van der Waals surface area (Å²) in [5.74, 6) is 0.704. The van der Waals surface area contributed by atoms with Gasteiger partial charge in [-0.3, -0.25) is 0 Å². The molecule has 0 saturated carbocycles. The van der Waals surface area contributed by atoms with Crippen molar-refractivity contribution in [1.29, 1.82) is 0 Å². The summed E-state index contributed by atoms with van der Waals surface area (Å²) < 4.78 is 5.46. The fraction of sp³-hybridized carbons (Fsp3) is 0.375. The molecule has 2 rings (SSSR count). The normalized spacial score (nSPS) is 19.6. The van der Waals surface area contributed by atoms with E-state index in [1.54, 1.807) is 0 Å². The van der Waals surface area contributed by atoms with Crippen LogP contribution < -0.4 is 16.2 Å². The second kappa shape index (κ2) is 2.83. The first-order chi connectivity index (χ1) is 6.58. The highest BCUT2D eigenvalue weighted by atomic mass is 16.5. The van der Waals surface area contributed by atoms with Crippen molar-refractivity contribution in [3.63, 3.8) is 0 Å². The zero-order valence-electron chi connectivity index (χ0n) is 7.98. The Labute approximate surface area is 81.0 Å². The third kappa shape index (κ3) is 1.24. The monoisotopic (exact) mass is 193 g/mol. The maximum Gasteiger partial charge on any atom is 0.247 e. The van der Waals surface area contributed by atoms with Crippen LogP contribution in [0.3, 0.4) is 0 Å². The molecular weight excluding hydrogens is 182 g/mol. The largest absolute Gasteiger partial charge is 0.467 e. The number of aromatic nitrogens is 2. The molecule has 0 spiro atoms. The first-order valence-corrected chi connectivity index (χ1v) is 4.22. The van der Waals surface area contributed by atoms with Gasteiger partial charge in [-0.25, -0.2) is 4.99 Å². The molecule has 1 aromatic rings. The van der Waals surface area contributed by atoms with Crippen molar-refractivity contribution >= 4 is 23.2 Å². The van der Waals surface area contributed by atoms with Gasteiger partial charge in [0.25, 0.3) is 0 Å². The Balaban J connectivity index is 2.59. The van der Waals surface area contributed by atoms with Crippen LogP contribution in [0.5, 0.6) is 5.88 Å². The lowest BCUT2D eigenvalue weighted by Gasteiger charge is -2.20. The van der Waals surface area contributed by atoms with Crippen LogP contribution >= 0.6 is 0 Å². The molecule has 1 aliphatic rings. The number of ether oxygens (including phenoxy) is 1. The maximum atomic E-state index is 5.63. The number of hydrogen-bond acceptors (Lipinski definition) is 6. The van der Waals surface area contributed by atoms with E-state index in [1.807, 2.05) is 13.8 Å². The van der Waals surface area contributed by atoms with E-state index >= 15 is 0 Å². The molecule has 1 atom stereocenters. The summed E-state index contributed by atoms with van der Waals surface area (Å²) in [6, 6.07) is 0. The Morgan fingerprint density at radius 1 is 1.29 bits per heavy atom. The van der Waals surface area contributed by atoms with E-state index < -0.39 is 0 Å². The topological polar surface area (TPSA) is 99.4 Å². The molecule has 0 fully saturated rings. The van der Waals surface area contributed by atoms with E-state index in [1.165, 1.54) is 0 Å². The number of nitrogen functional groups attached to an aromatic ring is 2. The molecule has 6 nitrogen and oxygen atoms in total. The summed E-state index contributed by atoms with van der Waals surface area (Å²) in [6.07, 6.45) is -0.101. The molecule has 74 valence electrons. The summed E-state index contributed by atoms with van der Waals surface area (Å²) in [7, 11) is 0. The van der Waals surface area contributed by atoms with Gasteiger partial charge in [0.1, 0.15) is 6.10 Å². The van der Waals surface area contributed by atoms with Gasteiger partial charge in [0, 0.05) is 0 Å². The summed E-state index contributed by atoms with van der Waals surface area (Å²) in [4.78, 5) is 12.0. The Morgan fingerprint density at radius 3 is 2.71 bits per heavy atom. The van der Waals surface area contributed by atoms with Gasteiger partial charge >= 0.3 is 0 Å². The molecule has 1 aliphatic heterocycles. The average Bonchev–Trinajstić information content (AvgIpc) is 2.08. The minimum absolute atomic E-state index is 0.100. The second-order valence-corrected chi connectivity index (χ2v) is 3.13. The quantitative estimate of drug-likeness (QED) is 0.625. The van der Waals surface area contributed by atoms with Crippen LogP contribution in [0.4, 0.5) is 17.5 Å². The van der Waals surface area contributed by atoms with Crippen molar-refractivity contribution < 1.29 is 4.74 Å². The van der Waals surface area contributed by atoms with Gasteiger partial charge in [0.2, 0.25) is 11.8 Å². The molecule has 4 N–H and O–H groups in total. The summed E-state index contributed by atoms with van der Waals surface area (Å²) in [6.45, 7) is 3.75. The van der Waals surface area contributed by atoms with E-state index in [4.69, 9.17) is 16.2 Å². The van der Waals surface area contributed by atoms with Gasteiger partial charge in [-0.15, -0.1) is 0 Å². The Kier molecular flexibility index (Phi) is 1.77. The van der Waals surface area contributed by atoms with Crippen LogP contribution in [0.2, 0.25) is 0 Å². The van der Waals surface area contributed by atoms with Gasteiger partial charge in [0.05, 0.1) is 5.71 Å². The van der Waals surface area contributed by atoms with Crippen LogP contribution in [0.15, 0.2) is 4.99 Å². The molecule has 0 aliphatic carbocycles. The molecule has 0 amide bonds. The minimum Gasteiger partial charge on any atom is -0.467 e. The van der Waals surface area contributed by atoms with Crippen LogP contribution in [-0.4, -0.2) is 21.8 Å². The SMILES string of the molecule is CC1=Nc2c(N)nc(N)nc2OC1C. The number of anilines is 2. The number of fused-ring (bicyclic) bond motifs is 1.